The summed E-state index contributed by atoms with van der Waals surface area (Å²) >= 11 is 0. The van der Waals surface area contributed by atoms with Crippen LogP contribution in [-0.4, -0.2) is 26.6 Å². The average molecular weight is 449 g/mol. The van der Waals surface area contributed by atoms with E-state index in [1.165, 1.54) is 6.26 Å². The molecule has 0 aliphatic heterocycles. The Kier molecular flexibility index (Phi) is 5.69. The number of hydrogen-bond acceptors (Lipinski definition) is 5. The van der Waals surface area contributed by atoms with Crippen LogP contribution in [-0.2, 0) is 0 Å². The maximum absolute atomic E-state index is 13.3. The van der Waals surface area contributed by atoms with Crippen molar-refractivity contribution < 1.29 is 14.0 Å². The number of anilines is 2. The molecule has 0 radical (unpaired) electrons. The number of amides is 2. The minimum atomic E-state index is -0.378. The Morgan fingerprint density at radius 3 is 2.32 bits per heavy atom. The molecule has 34 heavy (non-hydrogen) atoms. The van der Waals surface area contributed by atoms with Crippen molar-refractivity contribution in [2.45, 2.75) is 0 Å². The smallest absolute Gasteiger partial charge is 0.291 e. The van der Waals surface area contributed by atoms with Crippen molar-refractivity contribution >= 4 is 23.2 Å². The highest BCUT2D eigenvalue weighted by molar-refractivity contribution is 6.08. The minimum absolute atomic E-state index is 0.198. The van der Waals surface area contributed by atoms with Crippen molar-refractivity contribution in [1.82, 2.24) is 14.8 Å². The van der Waals surface area contributed by atoms with Crippen LogP contribution in [0, 0.1) is 0 Å². The first-order valence-electron chi connectivity index (χ1n) is 10.5. The van der Waals surface area contributed by atoms with Gasteiger partial charge in [0.1, 0.15) is 5.69 Å². The molecule has 166 valence electrons. The van der Waals surface area contributed by atoms with Gasteiger partial charge in [-0.3, -0.25) is 14.6 Å². The van der Waals surface area contributed by atoms with Crippen molar-refractivity contribution in [1.29, 1.82) is 0 Å². The Hall–Kier alpha value is -4.98. The van der Waals surface area contributed by atoms with E-state index in [9.17, 15) is 9.59 Å². The number of nitrogens with zero attached hydrogens (tertiary/aromatic N) is 3. The molecule has 0 saturated carbocycles. The maximum Gasteiger partial charge on any atom is 0.291 e. The van der Waals surface area contributed by atoms with E-state index in [4.69, 9.17) is 4.42 Å². The van der Waals surface area contributed by atoms with E-state index in [0.29, 0.717) is 22.6 Å². The fourth-order valence-electron chi connectivity index (χ4n) is 3.44. The van der Waals surface area contributed by atoms with Crippen LogP contribution in [0.2, 0.25) is 0 Å². The number of carbonyl (C=O) groups excluding carboxylic acids is 2. The number of para-hydroxylation sites is 1. The molecule has 0 atom stereocenters. The van der Waals surface area contributed by atoms with Gasteiger partial charge in [-0.1, -0.05) is 24.3 Å². The van der Waals surface area contributed by atoms with E-state index in [1.54, 1.807) is 65.7 Å². The third kappa shape index (κ3) is 4.46. The van der Waals surface area contributed by atoms with Gasteiger partial charge in [-0.25, -0.2) is 4.68 Å². The number of aromatic nitrogens is 3. The van der Waals surface area contributed by atoms with Gasteiger partial charge in [0.2, 0.25) is 0 Å². The number of carbonyl (C=O) groups is 2. The summed E-state index contributed by atoms with van der Waals surface area (Å²) in [6, 6.07) is 23.3. The predicted octanol–water partition coefficient (Wildman–Crippen LogP) is 5.03. The summed E-state index contributed by atoms with van der Waals surface area (Å²) < 4.78 is 6.78. The molecule has 2 amide bonds. The third-order valence-corrected chi connectivity index (χ3v) is 5.04. The first-order valence-corrected chi connectivity index (χ1v) is 10.5. The highest BCUT2D eigenvalue weighted by Crippen LogP contribution is 2.25. The fraction of sp³-hybridized carbons (Fsp3) is 0. The van der Waals surface area contributed by atoms with E-state index in [1.807, 2.05) is 36.4 Å². The molecule has 8 nitrogen and oxygen atoms in total. The number of hydrogen-bond donors (Lipinski definition) is 2. The van der Waals surface area contributed by atoms with Crippen LogP contribution in [0.5, 0.6) is 0 Å². The zero-order chi connectivity index (χ0) is 23.3. The molecule has 8 heteroatoms. The number of pyridine rings is 1. The standard InChI is InChI=1S/C26H19N5O3/c32-25(28-19-8-4-9-20(15-19)29-26(33)23-12-6-14-34-23)22-17-31(21-10-2-1-3-11-21)30-24(22)18-7-5-13-27-16-18/h1-17H,(H,28,32)(H,29,33). The largest absolute Gasteiger partial charge is 0.459 e. The number of rotatable bonds is 6. The quantitative estimate of drug-likeness (QED) is 0.378. The molecule has 5 rings (SSSR count). The average Bonchev–Trinajstić information content (AvgIpc) is 3.56. The first-order chi connectivity index (χ1) is 16.7. The molecule has 2 aromatic carbocycles. The number of nitrogens with one attached hydrogen (secondary N) is 2. The number of furan rings is 1. The maximum atomic E-state index is 13.3. The van der Waals surface area contributed by atoms with Gasteiger partial charge >= 0.3 is 0 Å². The highest BCUT2D eigenvalue weighted by atomic mass is 16.3. The van der Waals surface area contributed by atoms with Crippen LogP contribution in [0.25, 0.3) is 16.9 Å². The van der Waals surface area contributed by atoms with Gasteiger partial charge in [0.15, 0.2) is 5.76 Å². The van der Waals surface area contributed by atoms with Gasteiger partial charge < -0.3 is 15.1 Å². The zero-order valence-electron chi connectivity index (χ0n) is 17.9. The Bertz CT molecular complexity index is 1430. The molecule has 0 aliphatic carbocycles. The Morgan fingerprint density at radius 1 is 0.824 bits per heavy atom. The van der Waals surface area contributed by atoms with E-state index in [2.05, 4.69) is 20.7 Å². The van der Waals surface area contributed by atoms with Crippen molar-refractivity contribution in [2.24, 2.45) is 0 Å². The zero-order valence-corrected chi connectivity index (χ0v) is 17.9. The summed E-state index contributed by atoms with van der Waals surface area (Å²) in [5.41, 5.74) is 3.49. The molecule has 3 aromatic heterocycles. The number of benzene rings is 2. The highest BCUT2D eigenvalue weighted by Gasteiger charge is 2.19. The fourth-order valence-corrected chi connectivity index (χ4v) is 3.44. The molecule has 0 aliphatic rings. The topological polar surface area (TPSA) is 102 Å². The molecule has 0 saturated heterocycles. The van der Waals surface area contributed by atoms with Gasteiger partial charge in [-0.05, 0) is 54.6 Å². The van der Waals surface area contributed by atoms with Crippen molar-refractivity contribution in [2.75, 3.05) is 10.6 Å². The normalized spacial score (nSPS) is 10.6. The van der Waals surface area contributed by atoms with Gasteiger partial charge in [-0.15, -0.1) is 0 Å². The Morgan fingerprint density at radius 2 is 1.62 bits per heavy atom. The molecule has 0 unspecified atom stereocenters. The second-order valence-electron chi connectivity index (χ2n) is 7.38. The summed E-state index contributed by atoms with van der Waals surface area (Å²) in [6.45, 7) is 0. The summed E-state index contributed by atoms with van der Waals surface area (Å²) in [6.07, 6.45) is 6.45. The lowest BCUT2D eigenvalue weighted by Gasteiger charge is -2.08. The van der Waals surface area contributed by atoms with E-state index < -0.39 is 0 Å². The van der Waals surface area contributed by atoms with Crippen LogP contribution in [0.4, 0.5) is 11.4 Å². The van der Waals surface area contributed by atoms with E-state index >= 15 is 0 Å². The summed E-state index contributed by atoms with van der Waals surface area (Å²) in [4.78, 5) is 29.7. The van der Waals surface area contributed by atoms with Crippen LogP contribution in [0.3, 0.4) is 0 Å². The van der Waals surface area contributed by atoms with Crippen molar-refractivity contribution in [3.05, 3.63) is 115 Å². The van der Waals surface area contributed by atoms with E-state index in [-0.39, 0.29) is 17.6 Å². The molecule has 0 spiro atoms. The summed E-state index contributed by atoms with van der Waals surface area (Å²) in [5.74, 6) is -0.518. The molecular weight excluding hydrogens is 430 g/mol. The molecule has 3 heterocycles. The second-order valence-corrected chi connectivity index (χ2v) is 7.38. The Labute approximate surface area is 194 Å². The van der Waals surface area contributed by atoms with Gasteiger partial charge in [0.05, 0.1) is 17.5 Å². The van der Waals surface area contributed by atoms with Crippen LogP contribution >= 0.6 is 0 Å². The van der Waals surface area contributed by atoms with E-state index in [0.717, 1.165) is 11.3 Å². The molecule has 2 N–H and O–H groups in total. The van der Waals surface area contributed by atoms with Gasteiger partial charge in [0, 0.05) is 35.5 Å². The monoisotopic (exact) mass is 449 g/mol. The summed E-state index contributed by atoms with van der Waals surface area (Å²) in [5, 5.41) is 10.3. The third-order valence-electron chi connectivity index (χ3n) is 5.04. The molecule has 5 aromatic rings. The lowest BCUT2D eigenvalue weighted by atomic mass is 10.1. The first kappa shape index (κ1) is 20.9. The van der Waals surface area contributed by atoms with Crippen molar-refractivity contribution in [3.8, 4) is 16.9 Å². The van der Waals surface area contributed by atoms with Crippen molar-refractivity contribution in [3.63, 3.8) is 0 Å². The molecule has 0 fully saturated rings. The van der Waals surface area contributed by atoms with Crippen LogP contribution in [0.1, 0.15) is 20.9 Å². The van der Waals surface area contributed by atoms with Gasteiger partial charge in [0.25, 0.3) is 11.8 Å². The van der Waals surface area contributed by atoms with Crippen LogP contribution < -0.4 is 10.6 Å². The molecule has 0 bridgehead atoms. The van der Waals surface area contributed by atoms with Crippen LogP contribution in [0.15, 0.2) is 108 Å². The lowest BCUT2D eigenvalue weighted by Crippen LogP contribution is -2.14. The summed E-state index contributed by atoms with van der Waals surface area (Å²) in [7, 11) is 0. The SMILES string of the molecule is O=C(Nc1cccc(NC(=O)c2cn(-c3ccccc3)nc2-c2cccnc2)c1)c1ccco1. The molecular formula is C26H19N5O3. The lowest BCUT2D eigenvalue weighted by molar-refractivity contribution is 0.0995. The predicted molar refractivity (Wildman–Crippen MR) is 128 cm³/mol. The minimum Gasteiger partial charge on any atom is -0.459 e. The van der Waals surface area contributed by atoms with Gasteiger partial charge in [-0.2, -0.15) is 5.10 Å². The second kappa shape index (κ2) is 9.25. The Balaban J connectivity index is 1.42.